The van der Waals surface area contributed by atoms with E-state index >= 15 is 0 Å². The fraction of sp³-hybridized carbons (Fsp3) is 0.235. The van der Waals surface area contributed by atoms with E-state index in [9.17, 15) is 0 Å². The molecule has 0 atom stereocenters. The van der Waals surface area contributed by atoms with Crippen LogP contribution in [0, 0.1) is 0 Å². The van der Waals surface area contributed by atoms with Crippen LogP contribution in [-0.4, -0.2) is 4.98 Å². The van der Waals surface area contributed by atoms with E-state index in [4.69, 9.17) is 4.42 Å². The van der Waals surface area contributed by atoms with E-state index in [0.717, 1.165) is 24.6 Å². The summed E-state index contributed by atoms with van der Waals surface area (Å²) in [5.41, 5.74) is 1.30. The van der Waals surface area contributed by atoms with Crippen LogP contribution < -0.4 is 5.32 Å². The van der Waals surface area contributed by atoms with Crippen LogP contribution in [0.4, 0.5) is 0 Å². The molecule has 102 valence electrons. The maximum atomic E-state index is 5.58. The lowest BCUT2D eigenvalue weighted by molar-refractivity contribution is 0.439. The molecule has 3 aromatic rings. The summed E-state index contributed by atoms with van der Waals surface area (Å²) in [6.07, 6.45) is 2.69. The predicted molar refractivity (Wildman–Crippen MR) is 80.4 cm³/mol. The van der Waals surface area contributed by atoms with E-state index in [0.29, 0.717) is 6.54 Å². The molecular weight excluding hydrogens is 248 g/mol. The lowest BCUT2D eigenvalue weighted by atomic mass is 10.0. The molecule has 1 aromatic heterocycles. The second-order valence-electron chi connectivity index (χ2n) is 4.82. The number of oxazole rings is 1. The van der Waals surface area contributed by atoms with Crippen molar-refractivity contribution in [2.24, 2.45) is 0 Å². The van der Waals surface area contributed by atoms with Crippen molar-refractivity contribution >= 4 is 10.8 Å². The van der Waals surface area contributed by atoms with Crippen LogP contribution in [0.15, 0.2) is 53.1 Å². The van der Waals surface area contributed by atoms with Crippen LogP contribution >= 0.6 is 0 Å². The average Bonchev–Trinajstić information content (AvgIpc) is 2.95. The van der Waals surface area contributed by atoms with Gasteiger partial charge in [0.25, 0.3) is 0 Å². The SMILES string of the molecule is CCc1cnc(CNCc2cccc3ccccc23)o1. The highest BCUT2D eigenvalue weighted by molar-refractivity contribution is 5.85. The standard InChI is InChI=1S/C17H18N2O/c1-2-15-11-19-17(20-15)12-18-10-14-8-5-7-13-6-3-4-9-16(13)14/h3-9,11,18H,2,10,12H2,1H3. The minimum atomic E-state index is 0.656. The van der Waals surface area contributed by atoms with Gasteiger partial charge in [-0.3, -0.25) is 0 Å². The van der Waals surface area contributed by atoms with Gasteiger partial charge in [-0.15, -0.1) is 0 Å². The molecule has 0 radical (unpaired) electrons. The molecule has 3 nitrogen and oxygen atoms in total. The van der Waals surface area contributed by atoms with Crippen LogP contribution in [0.5, 0.6) is 0 Å². The minimum Gasteiger partial charge on any atom is -0.444 e. The number of hydrogen-bond acceptors (Lipinski definition) is 3. The maximum Gasteiger partial charge on any atom is 0.208 e. The highest BCUT2D eigenvalue weighted by atomic mass is 16.4. The molecule has 3 rings (SSSR count). The van der Waals surface area contributed by atoms with Gasteiger partial charge in [-0.05, 0) is 16.3 Å². The Labute approximate surface area is 118 Å². The Morgan fingerprint density at radius 2 is 1.90 bits per heavy atom. The van der Waals surface area contributed by atoms with Crippen LogP contribution in [0.1, 0.15) is 24.1 Å². The second kappa shape index (κ2) is 5.88. The third-order valence-corrected chi connectivity index (χ3v) is 3.42. The molecule has 0 saturated heterocycles. The number of nitrogens with zero attached hydrogens (tertiary/aromatic N) is 1. The molecule has 20 heavy (non-hydrogen) atoms. The van der Waals surface area contributed by atoms with E-state index in [2.05, 4.69) is 59.7 Å². The molecule has 1 N–H and O–H groups in total. The van der Waals surface area contributed by atoms with Crippen molar-refractivity contribution in [2.75, 3.05) is 0 Å². The first kappa shape index (κ1) is 12.9. The Morgan fingerprint density at radius 3 is 2.75 bits per heavy atom. The number of benzene rings is 2. The molecule has 2 aromatic carbocycles. The van der Waals surface area contributed by atoms with Crippen LogP contribution in [0.2, 0.25) is 0 Å². The zero-order valence-electron chi connectivity index (χ0n) is 11.6. The molecule has 0 spiro atoms. The van der Waals surface area contributed by atoms with Gasteiger partial charge in [0.1, 0.15) is 5.76 Å². The number of aryl methyl sites for hydroxylation is 1. The van der Waals surface area contributed by atoms with Gasteiger partial charge < -0.3 is 9.73 Å². The molecule has 0 bridgehead atoms. The van der Waals surface area contributed by atoms with Crippen molar-refractivity contribution in [1.82, 2.24) is 10.3 Å². The molecular formula is C17H18N2O. The van der Waals surface area contributed by atoms with Crippen molar-refractivity contribution in [3.05, 3.63) is 65.9 Å². The predicted octanol–water partition coefficient (Wildman–Crippen LogP) is 3.68. The maximum absolute atomic E-state index is 5.58. The third kappa shape index (κ3) is 2.73. The van der Waals surface area contributed by atoms with Crippen molar-refractivity contribution in [1.29, 1.82) is 0 Å². The van der Waals surface area contributed by atoms with Gasteiger partial charge in [0.05, 0.1) is 12.7 Å². The lowest BCUT2D eigenvalue weighted by Gasteiger charge is -2.07. The van der Waals surface area contributed by atoms with Crippen molar-refractivity contribution < 1.29 is 4.42 Å². The highest BCUT2D eigenvalue weighted by Crippen LogP contribution is 2.18. The molecule has 0 aliphatic rings. The number of aromatic nitrogens is 1. The van der Waals surface area contributed by atoms with Gasteiger partial charge >= 0.3 is 0 Å². The first-order valence-electron chi connectivity index (χ1n) is 6.97. The van der Waals surface area contributed by atoms with Gasteiger partial charge in [-0.25, -0.2) is 4.98 Å². The summed E-state index contributed by atoms with van der Waals surface area (Å²) in [5, 5.41) is 5.96. The first-order valence-corrected chi connectivity index (χ1v) is 6.97. The molecule has 3 heteroatoms. The summed E-state index contributed by atoms with van der Waals surface area (Å²) in [4.78, 5) is 4.25. The molecule has 0 aliphatic carbocycles. The smallest absolute Gasteiger partial charge is 0.208 e. The number of rotatable bonds is 5. The summed E-state index contributed by atoms with van der Waals surface area (Å²) >= 11 is 0. The molecule has 0 unspecified atom stereocenters. The topological polar surface area (TPSA) is 38.1 Å². The Morgan fingerprint density at radius 1 is 1.05 bits per heavy atom. The Kier molecular flexibility index (Phi) is 3.79. The Balaban J connectivity index is 1.68. The molecule has 0 fully saturated rings. The normalized spacial score (nSPS) is 11.1. The van der Waals surface area contributed by atoms with Gasteiger partial charge in [-0.1, -0.05) is 49.4 Å². The third-order valence-electron chi connectivity index (χ3n) is 3.42. The first-order chi connectivity index (χ1) is 9.86. The zero-order chi connectivity index (χ0) is 13.8. The lowest BCUT2D eigenvalue weighted by Crippen LogP contribution is -2.13. The van der Waals surface area contributed by atoms with Crippen LogP contribution in [0.25, 0.3) is 10.8 Å². The molecule has 0 saturated carbocycles. The van der Waals surface area contributed by atoms with Crippen LogP contribution in [0.3, 0.4) is 0 Å². The Hall–Kier alpha value is -2.13. The fourth-order valence-corrected chi connectivity index (χ4v) is 2.34. The molecule has 0 aliphatic heterocycles. The van der Waals surface area contributed by atoms with E-state index in [1.165, 1.54) is 16.3 Å². The summed E-state index contributed by atoms with van der Waals surface area (Å²) in [5.74, 6) is 1.69. The quantitative estimate of drug-likeness (QED) is 0.765. The number of hydrogen-bond donors (Lipinski definition) is 1. The van der Waals surface area contributed by atoms with Gasteiger partial charge in [0, 0.05) is 13.0 Å². The molecule has 1 heterocycles. The highest BCUT2D eigenvalue weighted by Gasteiger charge is 2.03. The van der Waals surface area contributed by atoms with Gasteiger partial charge in [0.15, 0.2) is 0 Å². The molecule has 0 amide bonds. The van der Waals surface area contributed by atoms with Gasteiger partial charge in [-0.2, -0.15) is 0 Å². The summed E-state index contributed by atoms with van der Waals surface area (Å²) in [6, 6.07) is 14.8. The summed E-state index contributed by atoms with van der Waals surface area (Å²) < 4.78 is 5.58. The minimum absolute atomic E-state index is 0.656. The second-order valence-corrected chi connectivity index (χ2v) is 4.82. The number of fused-ring (bicyclic) bond motifs is 1. The fourth-order valence-electron chi connectivity index (χ4n) is 2.34. The van der Waals surface area contributed by atoms with E-state index in [-0.39, 0.29) is 0 Å². The zero-order valence-corrected chi connectivity index (χ0v) is 11.6. The average molecular weight is 266 g/mol. The Bertz CT molecular complexity index is 698. The summed E-state index contributed by atoms with van der Waals surface area (Å²) in [6.45, 7) is 3.53. The monoisotopic (exact) mass is 266 g/mol. The van der Waals surface area contributed by atoms with E-state index in [1.54, 1.807) is 6.20 Å². The van der Waals surface area contributed by atoms with E-state index < -0.39 is 0 Å². The van der Waals surface area contributed by atoms with Crippen LogP contribution in [-0.2, 0) is 19.5 Å². The van der Waals surface area contributed by atoms with Crippen molar-refractivity contribution in [3.63, 3.8) is 0 Å². The van der Waals surface area contributed by atoms with Crippen molar-refractivity contribution in [3.8, 4) is 0 Å². The number of nitrogens with one attached hydrogen (secondary N) is 1. The van der Waals surface area contributed by atoms with Gasteiger partial charge in [0.2, 0.25) is 5.89 Å². The largest absolute Gasteiger partial charge is 0.444 e. The van der Waals surface area contributed by atoms with Crippen molar-refractivity contribution in [2.45, 2.75) is 26.4 Å². The summed E-state index contributed by atoms with van der Waals surface area (Å²) in [7, 11) is 0. The van der Waals surface area contributed by atoms with E-state index in [1.807, 2.05) is 0 Å².